The van der Waals surface area contributed by atoms with Crippen LogP contribution in [0, 0.1) is 28.9 Å². The summed E-state index contributed by atoms with van der Waals surface area (Å²) < 4.78 is 27.2. The highest BCUT2D eigenvalue weighted by Crippen LogP contribution is 2.34. The summed E-state index contributed by atoms with van der Waals surface area (Å²) in [5.74, 6) is -4.96. The van der Waals surface area contributed by atoms with E-state index in [1.807, 2.05) is 6.07 Å². The number of halogens is 2. The van der Waals surface area contributed by atoms with Crippen LogP contribution in [0.1, 0.15) is 17.0 Å². The molecule has 1 fully saturated rings. The first kappa shape index (κ1) is 17.5. The maximum atomic E-state index is 13.8. The van der Waals surface area contributed by atoms with Gasteiger partial charge in [0.25, 0.3) is 0 Å². The van der Waals surface area contributed by atoms with Crippen LogP contribution in [0.4, 0.5) is 14.5 Å². The van der Waals surface area contributed by atoms with Gasteiger partial charge in [-0.05, 0) is 29.8 Å². The molecule has 1 heterocycles. The van der Waals surface area contributed by atoms with Crippen molar-refractivity contribution in [2.45, 2.75) is 5.92 Å². The summed E-state index contributed by atoms with van der Waals surface area (Å²) in [5.41, 5.74) is 0.767. The van der Waals surface area contributed by atoms with Crippen molar-refractivity contribution < 1.29 is 18.4 Å². The molecule has 3 rings (SSSR count). The minimum atomic E-state index is -1.18. The summed E-state index contributed by atoms with van der Waals surface area (Å²) >= 11 is 0. The summed E-state index contributed by atoms with van der Waals surface area (Å²) in [5, 5.41) is 11.4. The molecular weight excluding hydrogens is 340 g/mol. The topological polar surface area (TPSA) is 73.2 Å². The Labute approximate surface area is 148 Å². The Morgan fingerprint density at radius 1 is 1.27 bits per heavy atom. The van der Waals surface area contributed by atoms with Gasteiger partial charge in [0.15, 0.2) is 11.6 Å². The van der Waals surface area contributed by atoms with Crippen molar-refractivity contribution >= 4 is 17.5 Å². The first-order valence-corrected chi connectivity index (χ1v) is 7.92. The van der Waals surface area contributed by atoms with Crippen LogP contribution in [0.5, 0.6) is 0 Å². The van der Waals surface area contributed by atoms with Crippen molar-refractivity contribution in [3.05, 3.63) is 65.2 Å². The lowest BCUT2D eigenvalue weighted by molar-refractivity contribution is -0.135. The molecule has 1 aliphatic heterocycles. The van der Waals surface area contributed by atoms with Crippen molar-refractivity contribution in [3.8, 4) is 6.07 Å². The lowest BCUT2D eigenvalue weighted by Crippen LogP contribution is -2.33. The van der Waals surface area contributed by atoms with Gasteiger partial charge in [-0.25, -0.2) is 8.78 Å². The van der Waals surface area contributed by atoms with E-state index in [1.54, 1.807) is 31.3 Å². The zero-order valence-corrected chi connectivity index (χ0v) is 13.9. The van der Waals surface area contributed by atoms with Gasteiger partial charge in [0, 0.05) is 19.5 Å². The van der Waals surface area contributed by atoms with Crippen LogP contribution in [0.3, 0.4) is 0 Å². The van der Waals surface area contributed by atoms with Gasteiger partial charge >= 0.3 is 0 Å². The monoisotopic (exact) mass is 355 g/mol. The number of hydrogen-bond donors (Lipinski definition) is 1. The second-order valence-corrected chi connectivity index (χ2v) is 6.13. The Hall–Kier alpha value is -3.27. The smallest absolute Gasteiger partial charge is 0.237 e. The van der Waals surface area contributed by atoms with Crippen molar-refractivity contribution in [1.29, 1.82) is 5.26 Å². The molecule has 0 unspecified atom stereocenters. The number of nitriles is 1. The number of nitrogens with one attached hydrogen (secondary N) is 1. The third-order valence-corrected chi connectivity index (χ3v) is 4.45. The lowest BCUT2D eigenvalue weighted by Gasteiger charge is -2.17. The SMILES string of the molecule is CN1C[C@H](c2cccc(C#N)c2)[C@@H](C(=O)Nc2cccc(F)c2F)C1=O. The van der Waals surface area contributed by atoms with Gasteiger partial charge in [-0.2, -0.15) is 5.26 Å². The Morgan fingerprint density at radius 3 is 2.73 bits per heavy atom. The van der Waals surface area contributed by atoms with Gasteiger partial charge in [0.2, 0.25) is 11.8 Å². The zero-order chi connectivity index (χ0) is 18.8. The molecule has 2 atom stereocenters. The molecule has 1 N–H and O–H groups in total. The Balaban J connectivity index is 1.92. The summed E-state index contributed by atoms with van der Waals surface area (Å²) in [6.07, 6.45) is 0. The van der Waals surface area contributed by atoms with Gasteiger partial charge in [0.1, 0.15) is 5.92 Å². The van der Waals surface area contributed by atoms with E-state index in [0.29, 0.717) is 11.1 Å². The van der Waals surface area contributed by atoms with Crippen molar-refractivity contribution in [1.82, 2.24) is 4.90 Å². The van der Waals surface area contributed by atoms with Gasteiger partial charge < -0.3 is 10.2 Å². The summed E-state index contributed by atoms with van der Waals surface area (Å²) in [6, 6.07) is 12.1. The minimum Gasteiger partial charge on any atom is -0.344 e. The molecule has 0 bridgehead atoms. The second kappa shape index (κ2) is 6.92. The lowest BCUT2D eigenvalue weighted by atomic mass is 9.87. The van der Waals surface area contributed by atoms with Crippen LogP contribution in [0.15, 0.2) is 42.5 Å². The molecule has 1 aliphatic rings. The normalized spacial score (nSPS) is 19.3. The first-order valence-electron chi connectivity index (χ1n) is 7.92. The zero-order valence-electron chi connectivity index (χ0n) is 13.9. The molecule has 2 amide bonds. The maximum absolute atomic E-state index is 13.8. The number of benzene rings is 2. The molecule has 0 aliphatic carbocycles. The highest BCUT2D eigenvalue weighted by molar-refractivity contribution is 6.08. The van der Waals surface area contributed by atoms with Crippen molar-refractivity contribution in [2.75, 3.05) is 18.9 Å². The van der Waals surface area contributed by atoms with Gasteiger partial charge in [-0.1, -0.05) is 18.2 Å². The molecular formula is C19H15F2N3O2. The summed E-state index contributed by atoms with van der Waals surface area (Å²) in [6.45, 7) is 0.289. The van der Waals surface area contributed by atoms with Crippen LogP contribution in [0.25, 0.3) is 0 Å². The van der Waals surface area contributed by atoms with Gasteiger partial charge in [-0.3, -0.25) is 9.59 Å². The van der Waals surface area contributed by atoms with Crippen LogP contribution in [-0.2, 0) is 9.59 Å². The number of carbonyl (C=O) groups is 2. The standard InChI is InChI=1S/C19H15F2N3O2/c1-24-10-13(12-5-2-4-11(8-12)9-22)16(19(24)26)18(25)23-15-7-3-6-14(20)17(15)21/h2-8,13,16H,10H2,1H3,(H,23,25)/t13-,16+/m1/s1. The van der Waals surface area contributed by atoms with Crippen LogP contribution in [0.2, 0.25) is 0 Å². The predicted molar refractivity (Wildman–Crippen MR) is 90.0 cm³/mol. The molecule has 2 aromatic rings. The van der Waals surface area contributed by atoms with E-state index >= 15 is 0 Å². The quantitative estimate of drug-likeness (QED) is 0.861. The van der Waals surface area contributed by atoms with E-state index < -0.39 is 35.3 Å². The molecule has 2 aromatic carbocycles. The van der Waals surface area contributed by atoms with E-state index in [0.717, 1.165) is 6.07 Å². The van der Waals surface area contributed by atoms with Crippen molar-refractivity contribution in [3.63, 3.8) is 0 Å². The average Bonchev–Trinajstić information content (AvgIpc) is 2.94. The maximum Gasteiger partial charge on any atom is 0.237 e. The number of rotatable bonds is 3. The number of carbonyl (C=O) groups excluding carboxylic acids is 2. The Kier molecular flexibility index (Phi) is 4.67. The number of amides is 2. The minimum absolute atomic E-state index is 0.289. The fraction of sp³-hybridized carbons (Fsp3) is 0.211. The fourth-order valence-corrected chi connectivity index (χ4v) is 3.14. The van der Waals surface area contributed by atoms with Crippen LogP contribution in [-0.4, -0.2) is 30.3 Å². The Morgan fingerprint density at radius 2 is 2.00 bits per heavy atom. The van der Waals surface area contributed by atoms with Gasteiger partial charge in [0.05, 0.1) is 17.3 Å². The van der Waals surface area contributed by atoms with E-state index in [-0.39, 0.29) is 12.2 Å². The second-order valence-electron chi connectivity index (χ2n) is 6.13. The van der Waals surface area contributed by atoms with Crippen molar-refractivity contribution in [2.24, 2.45) is 5.92 Å². The number of likely N-dealkylation sites (N-methyl/N-ethyl adjacent to an activating group) is 1. The number of hydrogen-bond acceptors (Lipinski definition) is 3. The Bertz CT molecular complexity index is 923. The third kappa shape index (κ3) is 3.14. The highest BCUT2D eigenvalue weighted by Gasteiger charge is 2.44. The molecule has 7 heteroatoms. The number of likely N-dealkylation sites (tertiary alicyclic amines) is 1. The molecule has 0 saturated carbocycles. The fourth-order valence-electron chi connectivity index (χ4n) is 3.14. The van der Waals surface area contributed by atoms with E-state index in [1.165, 1.54) is 17.0 Å². The summed E-state index contributed by atoms with van der Waals surface area (Å²) in [7, 11) is 1.57. The average molecular weight is 355 g/mol. The summed E-state index contributed by atoms with van der Waals surface area (Å²) in [4.78, 5) is 26.5. The molecule has 1 saturated heterocycles. The molecule has 0 radical (unpaired) electrons. The predicted octanol–water partition coefficient (Wildman–Crippen LogP) is 2.65. The molecule has 0 aromatic heterocycles. The third-order valence-electron chi connectivity index (χ3n) is 4.45. The largest absolute Gasteiger partial charge is 0.344 e. The molecule has 5 nitrogen and oxygen atoms in total. The number of anilines is 1. The number of nitrogens with zero attached hydrogens (tertiary/aromatic N) is 2. The van der Waals surface area contributed by atoms with Gasteiger partial charge in [-0.15, -0.1) is 0 Å². The molecule has 26 heavy (non-hydrogen) atoms. The van der Waals surface area contributed by atoms with Crippen LogP contribution < -0.4 is 5.32 Å². The first-order chi connectivity index (χ1) is 12.4. The molecule has 0 spiro atoms. The highest BCUT2D eigenvalue weighted by atomic mass is 19.2. The van der Waals surface area contributed by atoms with E-state index in [4.69, 9.17) is 5.26 Å². The molecule has 132 valence electrons. The van der Waals surface area contributed by atoms with Crippen LogP contribution >= 0.6 is 0 Å². The van der Waals surface area contributed by atoms with E-state index in [2.05, 4.69) is 5.32 Å². The van der Waals surface area contributed by atoms with E-state index in [9.17, 15) is 18.4 Å².